The highest BCUT2D eigenvalue weighted by atomic mass is 32.2. The molecule has 1 unspecified atom stereocenters. The van der Waals surface area contributed by atoms with Gasteiger partial charge >= 0.3 is 0 Å². The summed E-state index contributed by atoms with van der Waals surface area (Å²) >= 11 is 2.04. The fourth-order valence-electron chi connectivity index (χ4n) is 2.06. The van der Waals surface area contributed by atoms with Gasteiger partial charge in [0.05, 0.1) is 0 Å². The minimum absolute atomic E-state index is 0.566. The van der Waals surface area contributed by atoms with Gasteiger partial charge in [-0.05, 0) is 36.3 Å². The van der Waals surface area contributed by atoms with Crippen LogP contribution in [0.25, 0.3) is 0 Å². The molecule has 0 heterocycles. The second kappa shape index (κ2) is 8.60. The Morgan fingerprint density at radius 1 is 1.28 bits per heavy atom. The van der Waals surface area contributed by atoms with E-state index >= 15 is 0 Å². The maximum atomic E-state index is 3.58. The smallest absolute Gasteiger partial charge is 0.00228 e. The molecule has 18 heavy (non-hydrogen) atoms. The lowest BCUT2D eigenvalue weighted by Gasteiger charge is -2.20. The van der Waals surface area contributed by atoms with Crippen molar-refractivity contribution in [1.82, 2.24) is 5.32 Å². The van der Waals surface area contributed by atoms with Gasteiger partial charge in [-0.3, -0.25) is 0 Å². The molecule has 0 spiro atoms. The first kappa shape index (κ1) is 15.6. The van der Waals surface area contributed by atoms with E-state index in [2.05, 4.69) is 57.3 Å². The summed E-state index contributed by atoms with van der Waals surface area (Å²) in [4.78, 5) is 0. The Hall–Kier alpha value is -0.470. The lowest BCUT2D eigenvalue weighted by atomic mass is 9.95. The van der Waals surface area contributed by atoms with E-state index in [-0.39, 0.29) is 0 Å². The van der Waals surface area contributed by atoms with Gasteiger partial charge in [-0.15, -0.1) is 0 Å². The Balaban J connectivity index is 2.63. The molecule has 0 fully saturated rings. The topological polar surface area (TPSA) is 12.0 Å². The molecular formula is C16H27NS. The van der Waals surface area contributed by atoms with E-state index in [9.17, 15) is 0 Å². The van der Waals surface area contributed by atoms with E-state index in [1.54, 1.807) is 0 Å². The molecule has 0 saturated heterocycles. The minimum Gasteiger partial charge on any atom is -0.314 e. The van der Waals surface area contributed by atoms with Crippen LogP contribution in [0.15, 0.2) is 24.3 Å². The van der Waals surface area contributed by atoms with E-state index in [0.29, 0.717) is 12.0 Å². The summed E-state index contributed by atoms with van der Waals surface area (Å²) in [5.41, 5.74) is 2.85. The van der Waals surface area contributed by atoms with Crippen LogP contribution in [0.5, 0.6) is 0 Å². The van der Waals surface area contributed by atoms with Crippen LogP contribution in [-0.4, -0.2) is 24.1 Å². The highest BCUT2D eigenvalue weighted by Crippen LogP contribution is 2.22. The summed E-state index contributed by atoms with van der Waals surface area (Å²) in [6, 6.07) is 9.53. The largest absolute Gasteiger partial charge is 0.314 e. The van der Waals surface area contributed by atoms with E-state index < -0.39 is 0 Å². The number of rotatable bonds is 8. The molecule has 102 valence electrons. The molecule has 0 saturated carbocycles. The van der Waals surface area contributed by atoms with Crippen LogP contribution in [0.4, 0.5) is 0 Å². The molecule has 0 aliphatic rings. The van der Waals surface area contributed by atoms with E-state index in [1.807, 2.05) is 11.8 Å². The summed E-state index contributed by atoms with van der Waals surface area (Å²) in [6.07, 6.45) is 1.27. The van der Waals surface area contributed by atoms with Crippen molar-refractivity contribution in [1.29, 1.82) is 0 Å². The summed E-state index contributed by atoms with van der Waals surface area (Å²) in [5, 5.41) is 3.58. The highest BCUT2D eigenvalue weighted by molar-refractivity contribution is 7.99. The molecule has 1 N–H and O–H groups in total. The Bertz CT molecular complexity index is 336. The van der Waals surface area contributed by atoms with Crippen LogP contribution in [0.1, 0.15) is 44.2 Å². The SMILES string of the molecule is CCSCCC(CNC(C)C)c1cccc(C)c1. The number of hydrogen-bond donors (Lipinski definition) is 1. The van der Waals surface area contributed by atoms with Crippen LogP contribution < -0.4 is 5.32 Å². The number of nitrogens with one attached hydrogen (secondary N) is 1. The first-order valence-corrected chi connectivity index (χ1v) is 8.16. The molecule has 1 aromatic rings. The van der Waals surface area contributed by atoms with Crippen LogP contribution in [-0.2, 0) is 0 Å². The van der Waals surface area contributed by atoms with E-state index in [4.69, 9.17) is 0 Å². The molecule has 0 amide bonds. The normalized spacial score (nSPS) is 12.9. The lowest BCUT2D eigenvalue weighted by Crippen LogP contribution is -2.28. The number of benzene rings is 1. The van der Waals surface area contributed by atoms with Gasteiger partial charge in [-0.25, -0.2) is 0 Å². The Labute approximate surface area is 117 Å². The summed E-state index contributed by atoms with van der Waals surface area (Å²) in [7, 11) is 0. The van der Waals surface area contributed by atoms with Gasteiger partial charge in [-0.2, -0.15) is 11.8 Å². The van der Waals surface area contributed by atoms with Gasteiger partial charge in [0.25, 0.3) is 0 Å². The lowest BCUT2D eigenvalue weighted by molar-refractivity contribution is 0.522. The summed E-state index contributed by atoms with van der Waals surface area (Å²) < 4.78 is 0. The molecule has 0 aliphatic heterocycles. The van der Waals surface area contributed by atoms with Crippen molar-refractivity contribution >= 4 is 11.8 Å². The van der Waals surface area contributed by atoms with Gasteiger partial charge < -0.3 is 5.32 Å². The van der Waals surface area contributed by atoms with Crippen LogP contribution in [0.2, 0.25) is 0 Å². The zero-order chi connectivity index (χ0) is 13.4. The quantitative estimate of drug-likeness (QED) is 0.706. The van der Waals surface area contributed by atoms with Crippen molar-refractivity contribution in [2.45, 2.75) is 46.1 Å². The monoisotopic (exact) mass is 265 g/mol. The molecular weight excluding hydrogens is 238 g/mol. The maximum Gasteiger partial charge on any atom is 0.00228 e. The van der Waals surface area contributed by atoms with Crippen LogP contribution in [0.3, 0.4) is 0 Å². The average molecular weight is 265 g/mol. The molecule has 1 rings (SSSR count). The molecule has 1 atom stereocenters. The van der Waals surface area contributed by atoms with Crippen molar-refractivity contribution < 1.29 is 0 Å². The third-order valence-corrected chi connectivity index (χ3v) is 4.03. The molecule has 1 nitrogen and oxygen atoms in total. The predicted octanol–water partition coefficient (Wildman–Crippen LogP) is 4.22. The Kier molecular flexibility index (Phi) is 7.45. The molecule has 0 aliphatic carbocycles. The van der Waals surface area contributed by atoms with Gasteiger partial charge in [0, 0.05) is 12.6 Å². The zero-order valence-corrected chi connectivity index (χ0v) is 13.0. The molecule has 0 aromatic heterocycles. The van der Waals surface area contributed by atoms with Crippen molar-refractivity contribution in [3.63, 3.8) is 0 Å². The summed E-state index contributed by atoms with van der Waals surface area (Å²) in [6.45, 7) is 9.93. The second-order valence-corrected chi connectivity index (χ2v) is 6.55. The summed E-state index contributed by atoms with van der Waals surface area (Å²) in [5.74, 6) is 3.12. The fourth-order valence-corrected chi connectivity index (χ4v) is 2.80. The minimum atomic E-state index is 0.566. The van der Waals surface area contributed by atoms with Gasteiger partial charge in [0.1, 0.15) is 0 Å². The third-order valence-electron chi connectivity index (χ3n) is 3.10. The average Bonchev–Trinajstić information content (AvgIpc) is 2.33. The van der Waals surface area contributed by atoms with Crippen molar-refractivity contribution in [2.75, 3.05) is 18.1 Å². The van der Waals surface area contributed by atoms with Crippen molar-refractivity contribution in [3.05, 3.63) is 35.4 Å². The Morgan fingerprint density at radius 2 is 2.06 bits per heavy atom. The van der Waals surface area contributed by atoms with Crippen molar-refractivity contribution in [2.24, 2.45) is 0 Å². The standard InChI is InChI=1S/C16H27NS/c1-5-18-10-9-16(12-17-13(2)3)15-8-6-7-14(4)11-15/h6-8,11,13,16-17H,5,9-10,12H2,1-4H3. The van der Waals surface area contributed by atoms with Gasteiger partial charge in [-0.1, -0.05) is 50.6 Å². The van der Waals surface area contributed by atoms with Gasteiger partial charge in [0.2, 0.25) is 0 Å². The molecule has 2 heteroatoms. The number of thioether (sulfide) groups is 1. The van der Waals surface area contributed by atoms with Crippen LogP contribution in [0, 0.1) is 6.92 Å². The first-order chi connectivity index (χ1) is 8.63. The van der Waals surface area contributed by atoms with E-state index in [1.165, 1.54) is 29.1 Å². The van der Waals surface area contributed by atoms with E-state index in [0.717, 1.165) is 6.54 Å². The molecule has 0 bridgehead atoms. The second-order valence-electron chi connectivity index (χ2n) is 5.16. The number of aryl methyl sites for hydroxylation is 1. The molecule has 1 aromatic carbocycles. The Morgan fingerprint density at radius 3 is 2.67 bits per heavy atom. The highest BCUT2D eigenvalue weighted by Gasteiger charge is 2.11. The van der Waals surface area contributed by atoms with Gasteiger partial charge in [0.15, 0.2) is 0 Å². The first-order valence-electron chi connectivity index (χ1n) is 7.01. The van der Waals surface area contributed by atoms with Crippen LogP contribution >= 0.6 is 11.8 Å². The molecule has 0 radical (unpaired) electrons. The fraction of sp³-hybridized carbons (Fsp3) is 0.625. The number of hydrogen-bond acceptors (Lipinski definition) is 2. The zero-order valence-electron chi connectivity index (χ0n) is 12.2. The maximum absolute atomic E-state index is 3.58. The predicted molar refractivity (Wildman–Crippen MR) is 84.7 cm³/mol. The van der Waals surface area contributed by atoms with Crippen molar-refractivity contribution in [3.8, 4) is 0 Å². The third kappa shape index (κ3) is 5.92.